The van der Waals surface area contributed by atoms with Crippen LogP contribution in [-0.4, -0.2) is 36.3 Å². The van der Waals surface area contributed by atoms with Gasteiger partial charge in [-0.1, -0.05) is 12.1 Å². The lowest BCUT2D eigenvalue weighted by atomic mass is 10.4. The summed E-state index contributed by atoms with van der Waals surface area (Å²) in [7, 11) is 0. The largest absolute Gasteiger partial charge is 0.378 e. The molecule has 0 amide bonds. The summed E-state index contributed by atoms with van der Waals surface area (Å²) in [6, 6.07) is 11.6. The molecular weight excluding hydrogens is 240 g/mol. The minimum absolute atomic E-state index is 0.653. The molecule has 0 aliphatic carbocycles. The third-order valence-electron chi connectivity index (χ3n) is 2.43. The molecule has 0 aliphatic heterocycles. The van der Waals surface area contributed by atoms with Gasteiger partial charge < -0.3 is 15.4 Å². The van der Waals surface area contributed by atoms with Crippen LogP contribution < -0.4 is 10.6 Å². The van der Waals surface area contributed by atoms with E-state index in [0.717, 1.165) is 24.7 Å². The molecule has 5 heteroatoms. The van der Waals surface area contributed by atoms with Gasteiger partial charge in [0.1, 0.15) is 11.6 Å². The van der Waals surface area contributed by atoms with Crippen LogP contribution in [0, 0.1) is 0 Å². The van der Waals surface area contributed by atoms with Crippen molar-refractivity contribution in [3.05, 3.63) is 48.8 Å². The zero-order valence-corrected chi connectivity index (χ0v) is 10.7. The lowest BCUT2D eigenvalue weighted by Gasteiger charge is -2.07. The Morgan fingerprint density at radius 2 is 1.32 bits per heavy atom. The molecule has 2 heterocycles. The van der Waals surface area contributed by atoms with Gasteiger partial charge in [-0.25, -0.2) is 9.97 Å². The molecule has 2 aromatic rings. The maximum Gasteiger partial charge on any atom is 0.125 e. The second kappa shape index (κ2) is 8.05. The highest BCUT2D eigenvalue weighted by Crippen LogP contribution is 1.99. The van der Waals surface area contributed by atoms with E-state index in [-0.39, 0.29) is 0 Å². The summed E-state index contributed by atoms with van der Waals surface area (Å²) in [5.74, 6) is 1.75. The van der Waals surface area contributed by atoms with Crippen molar-refractivity contribution in [3.63, 3.8) is 0 Å². The van der Waals surface area contributed by atoms with Gasteiger partial charge in [0, 0.05) is 25.5 Å². The minimum Gasteiger partial charge on any atom is -0.378 e. The summed E-state index contributed by atoms with van der Waals surface area (Å²) in [5, 5.41) is 6.37. The summed E-state index contributed by atoms with van der Waals surface area (Å²) in [5.41, 5.74) is 0. The van der Waals surface area contributed by atoms with E-state index in [1.54, 1.807) is 12.4 Å². The number of rotatable bonds is 8. The van der Waals surface area contributed by atoms with Crippen LogP contribution in [0.25, 0.3) is 0 Å². The van der Waals surface area contributed by atoms with E-state index < -0.39 is 0 Å². The van der Waals surface area contributed by atoms with E-state index in [4.69, 9.17) is 4.74 Å². The summed E-state index contributed by atoms with van der Waals surface area (Å²) in [4.78, 5) is 8.33. The van der Waals surface area contributed by atoms with Crippen molar-refractivity contribution in [3.8, 4) is 0 Å². The van der Waals surface area contributed by atoms with Crippen molar-refractivity contribution < 1.29 is 4.74 Å². The van der Waals surface area contributed by atoms with Crippen LogP contribution in [0.2, 0.25) is 0 Å². The Bertz CT molecular complexity index is 406. The molecular formula is C14H18N4O. The van der Waals surface area contributed by atoms with Crippen LogP contribution in [-0.2, 0) is 4.74 Å². The van der Waals surface area contributed by atoms with Gasteiger partial charge >= 0.3 is 0 Å². The first kappa shape index (κ1) is 13.3. The number of hydrogen-bond acceptors (Lipinski definition) is 5. The monoisotopic (exact) mass is 258 g/mol. The standard InChI is InChI=1S/C14H18N4O/c1-3-7-15-13(5-1)17-9-11-19-12-10-18-14-6-2-4-8-16-14/h1-8H,9-12H2,(H,15,17)(H,16,18). The SMILES string of the molecule is c1ccc(NCCOCCNc2ccccn2)nc1. The fourth-order valence-corrected chi connectivity index (χ4v) is 1.54. The highest BCUT2D eigenvalue weighted by Gasteiger charge is 1.93. The highest BCUT2D eigenvalue weighted by molar-refractivity contribution is 5.33. The first-order chi connectivity index (χ1) is 9.45. The predicted molar refractivity (Wildman–Crippen MR) is 76.3 cm³/mol. The molecule has 2 aromatic heterocycles. The molecule has 0 aromatic carbocycles. The van der Waals surface area contributed by atoms with Crippen LogP contribution in [0.5, 0.6) is 0 Å². The second-order valence-electron chi connectivity index (χ2n) is 3.90. The third-order valence-corrected chi connectivity index (χ3v) is 2.43. The van der Waals surface area contributed by atoms with Crippen molar-refractivity contribution in [2.45, 2.75) is 0 Å². The number of anilines is 2. The van der Waals surface area contributed by atoms with Crippen LogP contribution >= 0.6 is 0 Å². The fourth-order valence-electron chi connectivity index (χ4n) is 1.54. The average Bonchev–Trinajstić information content (AvgIpc) is 2.48. The molecule has 0 atom stereocenters. The number of nitrogens with zero attached hydrogens (tertiary/aromatic N) is 2. The van der Waals surface area contributed by atoms with Gasteiger partial charge in [-0.15, -0.1) is 0 Å². The zero-order chi connectivity index (χ0) is 13.2. The van der Waals surface area contributed by atoms with E-state index in [1.807, 2.05) is 36.4 Å². The van der Waals surface area contributed by atoms with Crippen LogP contribution in [0.3, 0.4) is 0 Å². The van der Waals surface area contributed by atoms with Crippen molar-refractivity contribution >= 4 is 11.6 Å². The van der Waals surface area contributed by atoms with E-state index in [2.05, 4.69) is 20.6 Å². The normalized spacial score (nSPS) is 10.1. The van der Waals surface area contributed by atoms with Crippen molar-refractivity contribution in [2.75, 3.05) is 36.9 Å². The Morgan fingerprint density at radius 3 is 1.74 bits per heavy atom. The molecule has 0 unspecified atom stereocenters. The van der Waals surface area contributed by atoms with Crippen LogP contribution in [0.1, 0.15) is 0 Å². The van der Waals surface area contributed by atoms with Crippen LogP contribution in [0.15, 0.2) is 48.8 Å². The molecule has 0 saturated heterocycles. The Morgan fingerprint density at radius 1 is 0.789 bits per heavy atom. The second-order valence-corrected chi connectivity index (χ2v) is 3.90. The van der Waals surface area contributed by atoms with Crippen molar-refractivity contribution in [1.29, 1.82) is 0 Å². The summed E-state index contributed by atoms with van der Waals surface area (Å²) in [6.45, 7) is 2.81. The number of hydrogen-bond donors (Lipinski definition) is 2. The van der Waals surface area contributed by atoms with E-state index in [1.165, 1.54) is 0 Å². The summed E-state index contributed by atoms with van der Waals surface area (Å²) < 4.78 is 5.50. The molecule has 0 aliphatic rings. The van der Waals surface area contributed by atoms with Gasteiger partial charge in [0.15, 0.2) is 0 Å². The maximum atomic E-state index is 5.50. The molecule has 0 spiro atoms. The molecule has 19 heavy (non-hydrogen) atoms. The van der Waals surface area contributed by atoms with Crippen molar-refractivity contribution in [1.82, 2.24) is 9.97 Å². The Kier molecular flexibility index (Phi) is 5.63. The number of pyridine rings is 2. The van der Waals surface area contributed by atoms with Gasteiger partial charge in [-0.3, -0.25) is 0 Å². The third kappa shape index (κ3) is 5.35. The van der Waals surface area contributed by atoms with Gasteiger partial charge in [0.2, 0.25) is 0 Å². The highest BCUT2D eigenvalue weighted by atomic mass is 16.5. The van der Waals surface area contributed by atoms with Crippen LogP contribution in [0.4, 0.5) is 11.6 Å². The van der Waals surface area contributed by atoms with Gasteiger partial charge in [0.05, 0.1) is 13.2 Å². The van der Waals surface area contributed by atoms with Crippen molar-refractivity contribution in [2.24, 2.45) is 0 Å². The molecule has 100 valence electrons. The molecule has 2 N–H and O–H groups in total. The average molecular weight is 258 g/mol. The Hall–Kier alpha value is -2.14. The molecule has 0 fully saturated rings. The molecule has 0 saturated carbocycles. The van der Waals surface area contributed by atoms with Gasteiger partial charge in [0.25, 0.3) is 0 Å². The zero-order valence-electron chi connectivity index (χ0n) is 10.7. The first-order valence-corrected chi connectivity index (χ1v) is 6.33. The Labute approximate surface area is 113 Å². The molecule has 0 bridgehead atoms. The lowest BCUT2D eigenvalue weighted by Crippen LogP contribution is -2.15. The molecule has 0 radical (unpaired) electrons. The molecule has 2 rings (SSSR count). The molecule has 5 nitrogen and oxygen atoms in total. The van der Waals surface area contributed by atoms with Gasteiger partial charge in [-0.05, 0) is 24.3 Å². The number of nitrogens with one attached hydrogen (secondary N) is 2. The smallest absolute Gasteiger partial charge is 0.125 e. The lowest BCUT2D eigenvalue weighted by molar-refractivity contribution is 0.154. The summed E-state index contributed by atoms with van der Waals surface area (Å²) in [6.07, 6.45) is 3.53. The minimum atomic E-state index is 0.653. The Balaban J connectivity index is 1.49. The fraction of sp³-hybridized carbons (Fsp3) is 0.286. The number of aromatic nitrogens is 2. The summed E-state index contributed by atoms with van der Waals surface area (Å²) >= 11 is 0. The predicted octanol–water partition coefficient (Wildman–Crippen LogP) is 2.02. The van der Waals surface area contributed by atoms with Gasteiger partial charge in [-0.2, -0.15) is 0 Å². The van der Waals surface area contributed by atoms with E-state index in [9.17, 15) is 0 Å². The van der Waals surface area contributed by atoms with E-state index >= 15 is 0 Å². The van der Waals surface area contributed by atoms with E-state index in [0.29, 0.717) is 13.2 Å². The quantitative estimate of drug-likeness (QED) is 0.709. The topological polar surface area (TPSA) is 59.1 Å². The number of ether oxygens (including phenoxy) is 1. The first-order valence-electron chi connectivity index (χ1n) is 6.33. The maximum absolute atomic E-state index is 5.50.